The first kappa shape index (κ1) is 13.8. The Labute approximate surface area is 123 Å². The number of nitrogens with two attached hydrogens (primary N) is 1. The maximum atomic E-state index is 11.1. The van der Waals surface area contributed by atoms with Gasteiger partial charge in [0.15, 0.2) is 0 Å². The summed E-state index contributed by atoms with van der Waals surface area (Å²) in [5.41, 5.74) is 9.02. The molecule has 2 N–H and O–H groups in total. The summed E-state index contributed by atoms with van der Waals surface area (Å²) in [4.78, 5) is 15.6. The Morgan fingerprint density at radius 1 is 1.43 bits per heavy atom. The lowest BCUT2D eigenvalue weighted by molar-refractivity contribution is -0.134. The number of hydrogen-bond acceptors (Lipinski definition) is 4. The van der Waals surface area contributed by atoms with E-state index in [9.17, 15) is 4.79 Å². The molecular formula is C16H19N3O2. The normalized spacial score (nSPS) is 17.6. The van der Waals surface area contributed by atoms with Crippen LogP contribution in [0.25, 0.3) is 17.1 Å². The van der Waals surface area contributed by atoms with Gasteiger partial charge in [-0.25, -0.2) is 9.78 Å². The van der Waals surface area contributed by atoms with E-state index in [1.807, 2.05) is 24.5 Å². The molecule has 5 nitrogen and oxygen atoms in total. The number of carbonyl (C=O) groups excluding carboxylic acids is 1. The van der Waals surface area contributed by atoms with Crippen LogP contribution in [-0.2, 0) is 15.2 Å². The number of ether oxygens (including phenoxy) is 1. The number of hydrogen-bond donors (Lipinski definition) is 1. The molecule has 0 amide bonds. The van der Waals surface area contributed by atoms with Crippen LogP contribution < -0.4 is 5.73 Å². The smallest absolute Gasteiger partial charge is 0.330 e. The third-order valence-electron chi connectivity index (χ3n) is 4.13. The average Bonchev–Trinajstić information content (AvgIpc) is 3.11. The maximum Gasteiger partial charge on any atom is 0.330 e. The molecule has 1 aromatic heterocycles. The summed E-state index contributed by atoms with van der Waals surface area (Å²) in [5.74, 6) is -0.368. The first-order valence-electron chi connectivity index (χ1n) is 7.15. The molecule has 1 saturated carbocycles. The standard InChI is InChI=1S/C16H19N3O2/c1-21-15(20)7-5-12-4-6-14-13(10-12)18-11-19(14)16(17)8-2-3-9-16/h4-7,10-11H,2-3,8-9,17H2,1H3/b7-5+. The van der Waals surface area contributed by atoms with Crippen LogP contribution in [0.4, 0.5) is 0 Å². The quantitative estimate of drug-likeness (QED) is 0.694. The zero-order valence-corrected chi connectivity index (χ0v) is 12.1. The van der Waals surface area contributed by atoms with E-state index in [0.29, 0.717) is 0 Å². The number of fused-ring (bicyclic) bond motifs is 1. The van der Waals surface area contributed by atoms with Crippen LogP contribution in [0, 0.1) is 0 Å². The van der Waals surface area contributed by atoms with Crippen LogP contribution in [0.2, 0.25) is 0 Å². The fraction of sp³-hybridized carbons (Fsp3) is 0.375. The molecule has 0 radical (unpaired) electrons. The van der Waals surface area contributed by atoms with Crippen LogP contribution in [0.3, 0.4) is 0 Å². The van der Waals surface area contributed by atoms with Crippen molar-refractivity contribution in [1.29, 1.82) is 0 Å². The van der Waals surface area contributed by atoms with Crippen molar-refractivity contribution in [3.05, 3.63) is 36.2 Å². The van der Waals surface area contributed by atoms with Crippen molar-refractivity contribution in [1.82, 2.24) is 9.55 Å². The number of methoxy groups -OCH3 is 1. The van der Waals surface area contributed by atoms with E-state index in [1.165, 1.54) is 13.2 Å². The van der Waals surface area contributed by atoms with Crippen molar-refractivity contribution in [2.24, 2.45) is 5.73 Å². The van der Waals surface area contributed by atoms with Crippen LogP contribution in [0.5, 0.6) is 0 Å². The number of nitrogens with zero attached hydrogens (tertiary/aromatic N) is 2. The predicted molar refractivity (Wildman–Crippen MR) is 81.4 cm³/mol. The van der Waals surface area contributed by atoms with Crippen molar-refractivity contribution >= 4 is 23.1 Å². The van der Waals surface area contributed by atoms with Gasteiger partial charge in [0.05, 0.1) is 30.1 Å². The van der Waals surface area contributed by atoms with E-state index in [-0.39, 0.29) is 11.6 Å². The van der Waals surface area contributed by atoms with Crippen LogP contribution in [0.1, 0.15) is 31.2 Å². The molecule has 1 aliphatic carbocycles. The third-order valence-corrected chi connectivity index (χ3v) is 4.13. The highest BCUT2D eigenvalue weighted by atomic mass is 16.5. The molecule has 0 bridgehead atoms. The summed E-state index contributed by atoms with van der Waals surface area (Å²) >= 11 is 0. The van der Waals surface area contributed by atoms with Gasteiger partial charge in [-0.05, 0) is 49.5 Å². The van der Waals surface area contributed by atoms with Gasteiger partial charge in [-0.3, -0.25) is 0 Å². The van der Waals surface area contributed by atoms with E-state index in [0.717, 1.165) is 42.3 Å². The molecule has 1 aliphatic rings. The Bertz CT molecular complexity index is 697. The van der Waals surface area contributed by atoms with Crippen molar-refractivity contribution in [2.45, 2.75) is 31.3 Å². The van der Waals surface area contributed by atoms with Crippen LogP contribution in [-0.4, -0.2) is 22.6 Å². The summed E-state index contributed by atoms with van der Waals surface area (Å²) in [6.07, 6.45) is 9.25. The van der Waals surface area contributed by atoms with Gasteiger partial charge in [0.25, 0.3) is 0 Å². The first-order valence-corrected chi connectivity index (χ1v) is 7.15. The second kappa shape index (κ2) is 5.33. The minimum atomic E-state index is -0.368. The lowest BCUT2D eigenvalue weighted by Gasteiger charge is -2.26. The Morgan fingerprint density at radius 3 is 2.90 bits per heavy atom. The monoisotopic (exact) mass is 285 g/mol. The molecular weight excluding hydrogens is 266 g/mol. The Hall–Kier alpha value is -2.14. The molecule has 1 aromatic carbocycles. The van der Waals surface area contributed by atoms with Crippen LogP contribution in [0.15, 0.2) is 30.6 Å². The Kier molecular flexibility index (Phi) is 3.51. The Morgan fingerprint density at radius 2 is 2.19 bits per heavy atom. The van der Waals surface area contributed by atoms with Crippen molar-refractivity contribution < 1.29 is 9.53 Å². The average molecular weight is 285 g/mol. The molecule has 0 spiro atoms. The van der Waals surface area contributed by atoms with Crippen molar-refractivity contribution in [3.8, 4) is 0 Å². The molecule has 21 heavy (non-hydrogen) atoms. The number of benzene rings is 1. The number of rotatable bonds is 3. The Balaban J connectivity index is 1.94. The van der Waals surface area contributed by atoms with E-state index in [2.05, 4.69) is 14.3 Å². The van der Waals surface area contributed by atoms with Crippen molar-refractivity contribution in [3.63, 3.8) is 0 Å². The summed E-state index contributed by atoms with van der Waals surface area (Å²) in [5, 5.41) is 0. The van der Waals surface area contributed by atoms with Gasteiger partial charge in [-0.1, -0.05) is 6.07 Å². The number of carbonyl (C=O) groups is 1. The molecule has 1 heterocycles. The van der Waals surface area contributed by atoms with Gasteiger partial charge >= 0.3 is 5.97 Å². The summed E-state index contributed by atoms with van der Waals surface area (Å²) in [6.45, 7) is 0. The van der Waals surface area contributed by atoms with E-state index in [4.69, 9.17) is 5.73 Å². The van der Waals surface area contributed by atoms with E-state index >= 15 is 0 Å². The maximum absolute atomic E-state index is 11.1. The number of imidazole rings is 1. The predicted octanol–water partition coefficient (Wildman–Crippen LogP) is 2.41. The van der Waals surface area contributed by atoms with Gasteiger partial charge in [0.1, 0.15) is 0 Å². The van der Waals surface area contributed by atoms with Crippen molar-refractivity contribution in [2.75, 3.05) is 7.11 Å². The summed E-state index contributed by atoms with van der Waals surface area (Å²) in [7, 11) is 1.36. The second-order valence-electron chi connectivity index (χ2n) is 5.53. The van der Waals surface area contributed by atoms with E-state index < -0.39 is 0 Å². The fourth-order valence-electron chi connectivity index (χ4n) is 2.95. The van der Waals surface area contributed by atoms with Crippen LogP contribution >= 0.6 is 0 Å². The fourth-order valence-corrected chi connectivity index (χ4v) is 2.95. The highest BCUT2D eigenvalue weighted by Crippen LogP contribution is 2.34. The lowest BCUT2D eigenvalue weighted by atomic mass is 10.1. The topological polar surface area (TPSA) is 70.1 Å². The second-order valence-corrected chi connectivity index (χ2v) is 5.53. The largest absolute Gasteiger partial charge is 0.466 e. The van der Waals surface area contributed by atoms with Gasteiger partial charge in [0.2, 0.25) is 0 Å². The van der Waals surface area contributed by atoms with Gasteiger partial charge in [-0.2, -0.15) is 0 Å². The molecule has 0 atom stereocenters. The molecule has 0 unspecified atom stereocenters. The summed E-state index contributed by atoms with van der Waals surface area (Å²) in [6, 6.07) is 5.91. The van der Waals surface area contributed by atoms with Gasteiger partial charge < -0.3 is 15.0 Å². The summed E-state index contributed by atoms with van der Waals surface area (Å²) < 4.78 is 6.67. The highest BCUT2D eigenvalue weighted by molar-refractivity contribution is 5.88. The number of aromatic nitrogens is 2. The zero-order chi connectivity index (χ0) is 14.9. The molecule has 3 rings (SSSR count). The van der Waals surface area contributed by atoms with E-state index in [1.54, 1.807) is 6.08 Å². The van der Waals surface area contributed by atoms with Gasteiger partial charge in [0, 0.05) is 6.08 Å². The molecule has 0 aliphatic heterocycles. The number of esters is 1. The van der Waals surface area contributed by atoms with Gasteiger partial charge in [-0.15, -0.1) is 0 Å². The minimum absolute atomic E-state index is 0.307. The zero-order valence-electron chi connectivity index (χ0n) is 12.1. The molecule has 1 fully saturated rings. The highest BCUT2D eigenvalue weighted by Gasteiger charge is 2.32. The first-order chi connectivity index (χ1) is 10.1. The minimum Gasteiger partial charge on any atom is -0.466 e. The third kappa shape index (κ3) is 2.56. The molecule has 110 valence electrons. The molecule has 5 heteroatoms. The SMILES string of the molecule is COC(=O)/C=C/c1ccc2c(c1)ncn2C1(N)CCCC1. The molecule has 0 saturated heterocycles. The lowest BCUT2D eigenvalue weighted by Crippen LogP contribution is -2.39. The molecule has 2 aromatic rings.